The van der Waals surface area contributed by atoms with Crippen molar-refractivity contribution in [1.29, 1.82) is 0 Å². The van der Waals surface area contributed by atoms with E-state index >= 15 is 0 Å². The van der Waals surface area contributed by atoms with Crippen LogP contribution in [0.2, 0.25) is 0 Å². The summed E-state index contributed by atoms with van der Waals surface area (Å²) in [5, 5.41) is 0. The third-order valence-electron chi connectivity index (χ3n) is 5.69. The highest BCUT2D eigenvalue weighted by molar-refractivity contribution is 5.76. The summed E-state index contributed by atoms with van der Waals surface area (Å²) in [5.74, 6) is 0.268. The van der Waals surface area contributed by atoms with Gasteiger partial charge in [0.25, 0.3) is 0 Å². The quantitative estimate of drug-likeness (QED) is 0.800. The number of nitrogens with zero attached hydrogens (tertiary/aromatic N) is 3. The van der Waals surface area contributed by atoms with Gasteiger partial charge in [-0.1, -0.05) is 30.3 Å². The number of rotatable bonds is 5. The Kier molecular flexibility index (Phi) is 6.12. The molecule has 2 aliphatic rings. The van der Waals surface area contributed by atoms with E-state index in [0.29, 0.717) is 6.42 Å². The van der Waals surface area contributed by atoms with Crippen molar-refractivity contribution in [2.75, 3.05) is 62.3 Å². The van der Waals surface area contributed by atoms with Crippen LogP contribution in [0.5, 0.6) is 0 Å². The molecule has 0 unspecified atom stereocenters. The van der Waals surface area contributed by atoms with E-state index in [1.165, 1.54) is 16.9 Å². The van der Waals surface area contributed by atoms with E-state index in [1.54, 1.807) is 0 Å². The number of aryl methyl sites for hydroxylation is 1. The van der Waals surface area contributed by atoms with Crippen LogP contribution in [0.15, 0.2) is 54.6 Å². The first-order chi connectivity index (χ1) is 13.8. The lowest BCUT2D eigenvalue weighted by Gasteiger charge is -2.36. The number of anilines is 2. The molecule has 4 rings (SSSR count). The third-order valence-corrected chi connectivity index (χ3v) is 5.69. The summed E-state index contributed by atoms with van der Waals surface area (Å²) in [7, 11) is 0. The van der Waals surface area contributed by atoms with Crippen molar-refractivity contribution in [2.45, 2.75) is 12.8 Å². The predicted octanol–water partition coefficient (Wildman–Crippen LogP) is 2.80. The first-order valence-corrected chi connectivity index (χ1v) is 10.3. The maximum Gasteiger partial charge on any atom is 0.223 e. The molecule has 0 bridgehead atoms. The first-order valence-electron chi connectivity index (χ1n) is 10.3. The number of carbonyl (C=O) groups is 1. The normalized spacial score (nSPS) is 17.6. The van der Waals surface area contributed by atoms with Crippen molar-refractivity contribution in [3.8, 4) is 0 Å². The molecule has 0 aliphatic carbocycles. The number of hydrogen-bond acceptors (Lipinski definition) is 4. The van der Waals surface area contributed by atoms with E-state index in [1.807, 2.05) is 11.0 Å². The number of para-hydroxylation sites is 1. The smallest absolute Gasteiger partial charge is 0.223 e. The minimum atomic E-state index is 0.268. The number of benzene rings is 2. The molecule has 5 nitrogen and oxygen atoms in total. The molecular formula is C23H29N3O2. The Hall–Kier alpha value is -2.53. The van der Waals surface area contributed by atoms with E-state index in [2.05, 4.69) is 58.3 Å². The van der Waals surface area contributed by atoms with Crippen LogP contribution in [-0.2, 0) is 16.0 Å². The summed E-state index contributed by atoms with van der Waals surface area (Å²) in [6.07, 6.45) is 1.39. The second kappa shape index (κ2) is 9.11. The summed E-state index contributed by atoms with van der Waals surface area (Å²) in [6, 6.07) is 19.1. The predicted molar refractivity (Wildman–Crippen MR) is 113 cm³/mol. The number of hydrogen-bond donors (Lipinski definition) is 0. The van der Waals surface area contributed by atoms with Gasteiger partial charge < -0.3 is 19.4 Å². The zero-order valence-corrected chi connectivity index (χ0v) is 16.4. The first kappa shape index (κ1) is 18.8. The van der Waals surface area contributed by atoms with Crippen molar-refractivity contribution in [1.82, 2.24) is 4.90 Å². The van der Waals surface area contributed by atoms with Crippen LogP contribution in [0.25, 0.3) is 0 Å². The molecule has 0 atom stereocenters. The lowest BCUT2D eigenvalue weighted by molar-refractivity contribution is -0.131. The zero-order chi connectivity index (χ0) is 19.2. The Balaban J connectivity index is 1.23. The van der Waals surface area contributed by atoms with E-state index in [0.717, 1.165) is 58.9 Å². The van der Waals surface area contributed by atoms with Crippen LogP contribution in [-0.4, -0.2) is 63.3 Å². The second-order valence-corrected chi connectivity index (χ2v) is 7.47. The molecule has 0 aromatic heterocycles. The van der Waals surface area contributed by atoms with Gasteiger partial charge in [0, 0.05) is 57.1 Å². The van der Waals surface area contributed by atoms with E-state index in [4.69, 9.17) is 4.74 Å². The second-order valence-electron chi connectivity index (χ2n) is 7.47. The average molecular weight is 380 g/mol. The largest absolute Gasteiger partial charge is 0.378 e. The molecular weight excluding hydrogens is 350 g/mol. The van der Waals surface area contributed by atoms with Gasteiger partial charge >= 0.3 is 0 Å². The molecule has 5 heteroatoms. The maximum absolute atomic E-state index is 12.6. The molecule has 2 aliphatic heterocycles. The number of piperazine rings is 1. The molecule has 2 aromatic rings. The van der Waals surface area contributed by atoms with Gasteiger partial charge in [-0.25, -0.2) is 0 Å². The van der Waals surface area contributed by atoms with Crippen molar-refractivity contribution >= 4 is 17.3 Å². The molecule has 2 fully saturated rings. The molecule has 2 saturated heterocycles. The monoisotopic (exact) mass is 379 g/mol. The number of amides is 1. The summed E-state index contributed by atoms with van der Waals surface area (Å²) < 4.78 is 5.41. The Bertz CT molecular complexity index is 749. The van der Waals surface area contributed by atoms with Crippen molar-refractivity contribution in [3.05, 3.63) is 60.2 Å². The highest BCUT2D eigenvalue weighted by atomic mass is 16.5. The molecule has 148 valence electrons. The highest BCUT2D eigenvalue weighted by Crippen LogP contribution is 2.19. The minimum Gasteiger partial charge on any atom is -0.378 e. The Morgan fingerprint density at radius 1 is 0.750 bits per heavy atom. The van der Waals surface area contributed by atoms with Crippen LogP contribution in [0.3, 0.4) is 0 Å². The minimum absolute atomic E-state index is 0.268. The van der Waals surface area contributed by atoms with Crippen LogP contribution in [0, 0.1) is 0 Å². The van der Waals surface area contributed by atoms with E-state index in [9.17, 15) is 4.79 Å². The molecule has 0 N–H and O–H groups in total. The molecule has 0 saturated carbocycles. The maximum atomic E-state index is 12.6. The molecule has 0 spiro atoms. The van der Waals surface area contributed by atoms with Crippen molar-refractivity contribution in [2.24, 2.45) is 0 Å². The van der Waals surface area contributed by atoms with Crippen molar-refractivity contribution in [3.63, 3.8) is 0 Å². The Morgan fingerprint density at radius 2 is 1.36 bits per heavy atom. The summed E-state index contributed by atoms with van der Waals surface area (Å²) in [6.45, 7) is 6.93. The number of carbonyl (C=O) groups excluding carboxylic acids is 1. The Labute approximate surface area is 167 Å². The summed E-state index contributed by atoms with van der Waals surface area (Å²) in [4.78, 5) is 19.3. The molecule has 2 aromatic carbocycles. The molecule has 28 heavy (non-hydrogen) atoms. The fourth-order valence-corrected chi connectivity index (χ4v) is 3.96. The number of ether oxygens (including phenoxy) is 1. The van der Waals surface area contributed by atoms with Gasteiger partial charge in [-0.05, 0) is 36.2 Å². The molecule has 1 amide bonds. The highest BCUT2D eigenvalue weighted by Gasteiger charge is 2.21. The van der Waals surface area contributed by atoms with Crippen LogP contribution < -0.4 is 9.80 Å². The average Bonchev–Trinajstić information content (AvgIpc) is 2.79. The third kappa shape index (κ3) is 4.65. The van der Waals surface area contributed by atoms with Gasteiger partial charge in [0.05, 0.1) is 13.2 Å². The number of morpholine rings is 1. The van der Waals surface area contributed by atoms with Crippen molar-refractivity contribution < 1.29 is 9.53 Å². The molecule has 0 radical (unpaired) electrons. The SMILES string of the molecule is O=C(CCc1ccc(N2CCOCC2)cc1)N1CCN(c2ccccc2)CC1. The van der Waals surface area contributed by atoms with Crippen LogP contribution in [0.4, 0.5) is 11.4 Å². The van der Waals surface area contributed by atoms with Crippen LogP contribution >= 0.6 is 0 Å². The Morgan fingerprint density at radius 3 is 2.04 bits per heavy atom. The zero-order valence-electron chi connectivity index (χ0n) is 16.4. The molecule has 2 heterocycles. The van der Waals surface area contributed by atoms with Gasteiger partial charge in [0.15, 0.2) is 0 Å². The van der Waals surface area contributed by atoms with E-state index < -0.39 is 0 Å². The van der Waals surface area contributed by atoms with Gasteiger partial charge in [0.1, 0.15) is 0 Å². The van der Waals surface area contributed by atoms with Gasteiger partial charge in [-0.3, -0.25) is 4.79 Å². The fourth-order valence-electron chi connectivity index (χ4n) is 3.96. The lowest BCUT2D eigenvalue weighted by atomic mass is 10.1. The topological polar surface area (TPSA) is 36.0 Å². The fraction of sp³-hybridized carbons (Fsp3) is 0.435. The summed E-state index contributed by atoms with van der Waals surface area (Å²) in [5.41, 5.74) is 3.72. The van der Waals surface area contributed by atoms with Gasteiger partial charge in [0.2, 0.25) is 5.91 Å². The summed E-state index contributed by atoms with van der Waals surface area (Å²) >= 11 is 0. The standard InChI is InChI=1S/C23H29N3O2/c27-23(26-14-12-24(13-15-26)21-4-2-1-3-5-21)11-8-20-6-9-22(10-7-20)25-16-18-28-19-17-25/h1-7,9-10H,8,11-19H2. The lowest BCUT2D eigenvalue weighted by Crippen LogP contribution is -2.48. The van der Waals surface area contributed by atoms with Crippen LogP contribution in [0.1, 0.15) is 12.0 Å². The van der Waals surface area contributed by atoms with E-state index in [-0.39, 0.29) is 5.91 Å². The van der Waals surface area contributed by atoms with Gasteiger partial charge in [-0.15, -0.1) is 0 Å². The van der Waals surface area contributed by atoms with Gasteiger partial charge in [-0.2, -0.15) is 0 Å².